The largest absolute Gasteiger partial charge is 0.322 e. The van der Waals surface area contributed by atoms with Crippen LogP contribution in [0.3, 0.4) is 0 Å². The zero-order valence-electron chi connectivity index (χ0n) is 11.8. The van der Waals surface area contributed by atoms with Gasteiger partial charge < -0.3 is 4.90 Å². The number of amides is 1. The number of halogens is 1. The fourth-order valence-corrected chi connectivity index (χ4v) is 3.86. The lowest BCUT2D eigenvalue weighted by atomic mass is 10.1. The molecule has 0 saturated carbocycles. The molecule has 2 nitrogen and oxygen atoms in total. The number of carbonyl (C=O) groups is 1. The second kappa shape index (κ2) is 5.90. The van der Waals surface area contributed by atoms with Crippen molar-refractivity contribution in [2.45, 2.75) is 12.3 Å². The average molecular weight is 301 g/mol. The summed E-state index contributed by atoms with van der Waals surface area (Å²) in [6, 6.07) is 14.2. The number of nitrogens with zero attached hydrogens (tertiary/aromatic N) is 1. The van der Waals surface area contributed by atoms with Crippen LogP contribution in [0.2, 0.25) is 0 Å². The van der Waals surface area contributed by atoms with Crippen LogP contribution in [0.5, 0.6) is 0 Å². The zero-order valence-corrected chi connectivity index (χ0v) is 12.6. The van der Waals surface area contributed by atoms with E-state index in [0.717, 1.165) is 11.3 Å². The van der Waals surface area contributed by atoms with Crippen LogP contribution < -0.4 is 0 Å². The molecule has 0 spiro atoms. The van der Waals surface area contributed by atoms with E-state index in [0.29, 0.717) is 17.7 Å². The van der Waals surface area contributed by atoms with Crippen molar-refractivity contribution < 1.29 is 9.18 Å². The third kappa shape index (κ3) is 2.68. The average Bonchev–Trinajstić information content (AvgIpc) is 2.97. The van der Waals surface area contributed by atoms with E-state index in [1.807, 2.05) is 37.3 Å². The summed E-state index contributed by atoms with van der Waals surface area (Å²) in [4.78, 5) is 14.5. The summed E-state index contributed by atoms with van der Waals surface area (Å²) in [7, 11) is 0. The van der Waals surface area contributed by atoms with Crippen molar-refractivity contribution in [3.05, 3.63) is 71.0 Å². The van der Waals surface area contributed by atoms with Gasteiger partial charge in [0.25, 0.3) is 5.91 Å². The monoisotopic (exact) mass is 301 g/mol. The van der Waals surface area contributed by atoms with Gasteiger partial charge in [-0.3, -0.25) is 4.79 Å². The fourth-order valence-electron chi connectivity index (χ4n) is 2.58. The van der Waals surface area contributed by atoms with E-state index in [4.69, 9.17) is 0 Å². The normalized spacial score (nSPS) is 18.0. The predicted octanol–water partition coefficient (Wildman–Crippen LogP) is 4.02. The summed E-state index contributed by atoms with van der Waals surface area (Å²) in [5, 5.41) is -0.238. The molecule has 0 unspecified atom stereocenters. The Morgan fingerprint density at radius 3 is 2.67 bits per heavy atom. The van der Waals surface area contributed by atoms with Gasteiger partial charge in [0.2, 0.25) is 0 Å². The first-order valence-electron chi connectivity index (χ1n) is 6.91. The highest BCUT2D eigenvalue weighted by molar-refractivity contribution is 7.99. The topological polar surface area (TPSA) is 20.3 Å². The second-order valence-corrected chi connectivity index (χ2v) is 6.25. The fraction of sp³-hybridized carbons (Fsp3) is 0.235. The molecule has 108 valence electrons. The lowest BCUT2D eigenvalue weighted by Crippen LogP contribution is -2.31. The van der Waals surface area contributed by atoms with E-state index in [9.17, 15) is 9.18 Å². The van der Waals surface area contributed by atoms with Gasteiger partial charge in [-0.05, 0) is 24.6 Å². The molecular weight excluding hydrogens is 285 g/mol. The molecule has 1 heterocycles. The van der Waals surface area contributed by atoms with Gasteiger partial charge in [-0.1, -0.05) is 36.4 Å². The zero-order chi connectivity index (χ0) is 14.8. The summed E-state index contributed by atoms with van der Waals surface area (Å²) in [6.07, 6.45) is 0. The number of hydrogen-bond acceptors (Lipinski definition) is 2. The number of benzene rings is 2. The van der Waals surface area contributed by atoms with Crippen LogP contribution in [-0.4, -0.2) is 23.1 Å². The number of hydrogen-bond donors (Lipinski definition) is 0. The van der Waals surface area contributed by atoms with Crippen molar-refractivity contribution in [1.82, 2.24) is 4.90 Å². The van der Waals surface area contributed by atoms with Crippen molar-refractivity contribution in [3.63, 3.8) is 0 Å². The van der Waals surface area contributed by atoms with Crippen molar-refractivity contribution >= 4 is 17.7 Å². The molecule has 0 N–H and O–H groups in total. The Morgan fingerprint density at radius 1 is 1.19 bits per heavy atom. The van der Waals surface area contributed by atoms with Crippen LogP contribution >= 0.6 is 11.8 Å². The van der Waals surface area contributed by atoms with Crippen molar-refractivity contribution in [3.8, 4) is 0 Å². The highest BCUT2D eigenvalue weighted by Crippen LogP contribution is 2.39. The van der Waals surface area contributed by atoms with E-state index in [-0.39, 0.29) is 17.1 Å². The van der Waals surface area contributed by atoms with Crippen LogP contribution in [-0.2, 0) is 0 Å². The Morgan fingerprint density at radius 2 is 1.90 bits per heavy atom. The molecule has 21 heavy (non-hydrogen) atoms. The molecule has 1 amide bonds. The minimum absolute atomic E-state index is 0.0219. The SMILES string of the molecule is Cc1ccccc1C(=O)N1CCS[C@@H]1c1ccccc1F. The quantitative estimate of drug-likeness (QED) is 0.835. The standard InChI is InChI=1S/C17H16FNOS/c1-12-6-2-3-7-13(12)16(20)19-10-11-21-17(19)14-8-4-5-9-15(14)18/h2-9,17H,10-11H2,1H3/t17-/m1/s1. The number of carbonyl (C=O) groups excluding carboxylic acids is 1. The molecule has 1 aliphatic heterocycles. The van der Waals surface area contributed by atoms with Gasteiger partial charge in [-0.2, -0.15) is 0 Å². The third-order valence-corrected chi connectivity index (χ3v) is 4.94. The van der Waals surface area contributed by atoms with E-state index in [1.165, 1.54) is 6.07 Å². The molecule has 1 aliphatic rings. The Kier molecular flexibility index (Phi) is 3.97. The van der Waals surface area contributed by atoms with E-state index in [1.54, 1.807) is 28.8 Å². The summed E-state index contributed by atoms with van der Waals surface area (Å²) >= 11 is 1.61. The summed E-state index contributed by atoms with van der Waals surface area (Å²) in [5.41, 5.74) is 2.23. The molecule has 1 atom stereocenters. The highest BCUT2D eigenvalue weighted by Gasteiger charge is 2.33. The molecular formula is C17H16FNOS. The number of thioether (sulfide) groups is 1. The summed E-state index contributed by atoms with van der Waals surface area (Å²) < 4.78 is 14.0. The van der Waals surface area contributed by atoms with Crippen molar-refractivity contribution in [2.24, 2.45) is 0 Å². The van der Waals surface area contributed by atoms with Gasteiger partial charge >= 0.3 is 0 Å². The molecule has 0 aromatic heterocycles. The molecule has 0 radical (unpaired) electrons. The minimum atomic E-state index is -0.250. The van der Waals surface area contributed by atoms with Gasteiger partial charge in [0.15, 0.2) is 0 Å². The second-order valence-electron chi connectivity index (χ2n) is 5.06. The smallest absolute Gasteiger partial charge is 0.255 e. The van der Waals surface area contributed by atoms with Crippen LogP contribution in [0.25, 0.3) is 0 Å². The lowest BCUT2D eigenvalue weighted by Gasteiger charge is -2.25. The van der Waals surface area contributed by atoms with Gasteiger partial charge in [-0.25, -0.2) is 4.39 Å². The molecule has 2 aromatic carbocycles. The number of rotatable bonds is 2. The van der Waals surface area contributed by atoms with Crippen LogP contribution in [0.15, 0.2) is 48.5 Å². The van der Waals surface area contributed by atoms with Gasteiger partial charge in [0.05, 0.1) is 0 Å². The van der Waals surface area contributed by atoms with Crippen LogP contribution in [0, 0.1) is 12.7 Å². The predicted molar refractivity (Wildman–Crippen MR) is 83.8 cm³/mol. The van der Waals surface area contributed by atoms with Gasteiger partial charge in [0.1, 0.15) is 11.2 Å². The summed E-state index contributed by atoms with van der Waals surface area (Å²) in [6.45, 7) is 2.57. The van der Waals surface area contributed by atoms with Crippen molar-refractivity contribution in [1.29, 1.82) is 0 Å². The Labute approximate surface area is 128 Å². The Balaban J connectivity index is 1.93. The van der Waals surface area contributed by atoms with Gasteiger partial charge in [-0.15, -0.1) is 11.8 Å². The minimum Gasteiger partial charge on any atom is -0.322 e. The van der Waals surface area contributed by atoms with E-state index in [2.05, 4.69) is 0 Å². The maximum Gasteiger partial charge on any atom is 0.255 e. The third-order valence-electron chi connectivity index (χ3n) is 3.70. The first kappa shape index (κ1) is 14.1. The maximum atomic E-state index is 14.0. The van der Waals surface area contributed by atoms with Crippen molar-refractivity contribution in [2.75, 3.05) is 12.3 Å². The van der Waals surface area contributed by atoms with E-state index >= 15 is 0 Å². The Hall–Kier alpha value is -1.81. The number of aryl methyl sites for hydroxylation is 1. The first-order chi connectivity index (χ1) is 10.2. The lowest BCUT2D eigenvalue weighted by molar-refractivity contribution is 0.0758. The molecule has 2 aromatic rings. The summed E-state index contributed by atoms with van der Waals surface area (Å²) in [5.74, 6) is 0.558. The Bertz CT molecular complexity index is 673. The molecule has 1 fully saturated rings. The molecule has 4 heteroatoms. The molecule has 0 aliphatic carbocycles. The molecule has 1 saturated heterocycles. The van der Waals surface area contributed by atoms with Gasteiger partial charge in [0, 0.05) is 23.4 Å². The molecule has 3 rings (SSSR count). The highest BCUT2D eigenvalue weighted by atomic mass is 32.2. The van der Waals surface area contributed by atoms with E-state index < -0.39 is 0 Å². The first-order valence-corrected chi connectivity index (χ1v) is 7.96. The van der Waals surface area contributed by atoms with Crippen LogP contribution in [0.4, 0.5) is 4.39 Å². The molecule has 0 bridgehead atoms. The maximum absolute atomic E-state index is 14.0. The van der Waals surface area contributed by atoms with Crippen LogP contribution in [0.1, 0.15) is 26.9 Å².